The van der Waals surface area contributed by atoms with E-state index in [4.69, 9.17) is 0 Å². The molecule has 1 heterocycles. The summed E-state index contributed by atoms with van der Waals surface area (Å²) >= 11 is 0. The lowest BCUT2D eigenvalue weighted by Gasteiger charge is -2.15. The number of nitrogens with zero attached hydrogens (tertiary/aromatic N) is 3. The minimum absolute atomic E-state index is 0.0282. The van der Waals surface area contributed by atoms with Crippen LogP contribution in [-0.4, -0.2) is 27.5 Å². The molecule has 0 amide bonds. The molecule has 7 nitrogen and oxygen atoms in total. The normalized spacial score (nSPS) is 15.8. The number of nitrogens with one attached hydrogen (secondary N) is 2. The highest BCUT2D eigenvalue weighted by molar-refractivity contribution is 5.61. The minimum Gasteiger partial charge on any atom is -0.361 e. The van der Waals surface area contributed by atoms with Gasteiger partial charge in [-0.3, -0.25) is 10.1 Å². The first kappa shape index (κ1) is 14.5. The Morgan fingerprint density at radius 3 is 2.70 bits per heavy atom. The fourth-order valence-electron chi connectivity index (χ4n) is 2.13. The zero-order valence-electron chi connectivity index (χ0n) is 12.1. The van der Waals surface area contributed by atoms with Gasteiger partial charge in [-0.05, 0) is 39.0 Å². The number of nitro groups is 1. The van der Waals surface area contributed by atoms with E-state index >= 15 is 0 Å². The van der Waals surface area contributed by atoms with E-state index in [0.29, 0.717) is 23.4 Å². The highest BCUT2D eigenvalue weighted by Crippen LogP contribution is 2.35. The topological polar surface area (TPSA) is 93.0 Å². The molecular formula is C13H21N5O2. The Bertz CT molecular complexity index is 502. The lowest BCUT2D eigenvalue weighted by molar-refractivity contribution is -0.385. The van der Waals surface area contributed by atoms with E-state index in [2.05, 4.69) is 20.6 Å². The average molecular weight is 279 g/mol. The molecule has 1 aromatic rings. The van der Waals surface area contributed by atoms with Crippen LogP contribution < -0.4 is 10.6 Å². The van der Waals surface area contributed by atoms with Gasteiger partial charge in [-0.1, -0.05) is 6.92 Å². The van der Waals surface area contributed by atoms with Gasteiger partial charge in [0.05, 0.1) is 4.92 Å². The first-order chi connectivity index (χ1) is 9.52. The molecule has 20 heavy (non-hydrogen) atoms. The molecule has 0 aromatic carbocycles. The SMILES string of the molecule is CCCNc1nc(C)c([N+](=O)[O-])c(NC(C)C2CC2)n1. The molecule has 0 spiro atoms. The van der Waals surface area contributed by atoms with Gasteiger partial charge in [-0.15, -0.1) is 0 Å². The second kappa shape index (κ2) is 6.02. The van der Waals surface area contributed by atoms with Crippen LogP contribution in [0.3, 0.4) is 0 Å². The van der Waals surface area contributed by atoms with Gasteiger partial charge in [-0.2, -0.15) is 4.98 Å². The first-order valence-corrected chi connectivity index (χ1v) is 7.06. The number of rotatable bonds is 7. The van der Waals surface area contributed by atoms with Crippen molar-refractivity contribution in [2.24, 2.45) is 5.92 Å². The Kier molecular flexibility index (Phi) is 4.36. The van der Waals surface area contributed by atoms with Gasteiger partial charge in [0.2, 0.25) is 11.8 Å². The van der Waals surface area contributed by atoms with Crippen LogP contribution in [0.4, 0.5) is 17.5 Å². The number of anilines is 2. The van der Waals surface area contributed by atoms with Crippen LogP contribution in [0, 0.1) is 23.0 Å². The summed E-state index contributed by atoms with van der Waals surface area (Å²) in [6.07, 6.45) is 3.29. The standard InChI is InChI=1S/C13H21N5O2/c1-4-7-14-13-16-9(3)11(18(19)20)12(17-13)15-8(2)10-5-6-10/h8,10H,4-7H2,1-3H3,(H2,14,15,16,17). The van der Waals surface area contributed by atoms with E-state index in [1.807, 2.05) is 13.8 Å². The second-order valence-electron chi connectivity index (χ2n) is 5.28. The molecule has 0 bridgehead atoms. The van der Waals surface area contributed by atoms with Crippen LogP contribution in [0.25, 0.3) is 0 Å². The summed E-state index contributed by atoms with van der Waals surface area (Å²) in [5.74, 6) is 1.36. The van der Waals surface area contributed by atoms with Crippen molar-refractivity contribution in [3.63, 3.8) is 0 Å². The van der Waals surface area contributed by atoms with Crippen LogP contribution in [0.15, 0.2) is 0 Å². The van der Waals surface area contributed by atoms with Gasteiger partial charge in [0.1, 0.15) is 5.69 Å². The zero-order valence-corrected chi connectivity index (χ0v) is 12.1. The Balaban J connectivity index is 2.27. The van der Waals surface area contributed by atoms with Gasteiger partial charge < -0.3 is 10.6 Å². The van der Waals surface area contributed by atoms with Crippen molar-refractivity contribution in [1.82, 2.24) is 9.97 Å². The maximum Gasteiger partial charge on any atom is 0.332 e. The predicted octanol–water partition coefficient (Wildman–Crippen LogP) is 2.73. The summed E-state index contributed by atoms with van der Waals surface area (Å²) in [4.78, 5) is 19.2. The third-order valence-electron chi connectivity index (χ3n) is 3.47. The maximum atomic E-state index is 11.2. The van der Waals surface area contributed by atoms with Crippen LogP contribution in [0.5, 0.6) is 0 Å². The largest absolute Gasteiger partial charge is 0.361 e. The van der Waals surface area contributed by atoms with E-state index in [1.54, 1.807) is 6.92 Å². The van der Waals surface area contributed by atoms with Gasteiger partial charge in [0.15, 0.2) is 0 Å². The molecule has 1 aromatic heterocycles. The van der Waals surface area contributed by atoms with Crippen LogP contribution in [-0.2, 0) is 0 Å². The molecule has 2 rings (SSSR count). The zero-order chi connectivity index (χ0) is 14.7. The van der Waals surface area contributed by atoms with Crippen molar-refractivity contribution in [3.05, 3.63) is 15.8 Å². The fraction of sp³-hybridized carbons (Fsp3) is 0.692. The van der Waals surface area contributed by atoms with Crippen LogP contribution >= 0.6 is 0 Å². The third-order valence-corrected chi connectivity index (χ3v) is 3.47. The second-order valence-corrected chi connectivity index (χ2v) is 5.28. The van der Waals surface area contributed by atoms with E-state index in [0.717, 1.165) is 13.0 Å². The highest BCUT2D eigenvalue weighted by atomic mass is 16.6. The quantitative estimate of drug-likeness (QED) is 0.589. The monoisotopic (exact) mass is 279 g/mol. The van der Waals surface area contributed by atoms with Gasteiger partial charge in [0, 0.05) is 12.6 Å². The van der Waals surface area contributed by atoms with Crippen molar-refractivity contribution < 1.29 is 4.92 Å². The van der Waals surface area contributed by atoms with E-state index < -0.39 is 4.92 Å². The maximum absolute atomic E-state index is 11.2. The van der Waals surface area contributed by atoms with Crippen molar-refractivity contribution in [3.8, 4) is 0 Å². The number of aromatic nitrogens is 2. The lowest BCUT2D eigenvalue weighted by atomic mass is 10.2. The van der Waals surface area contributed by atoms with Gasteiger partial charge in [-0.25, -0.2) is 4.98 Å². The molecule has 1 aliphatic rings. The van der Waals surface area contributed by atoms with Crippen molar-refractivity contribution in [2.75, 3.05) is 17.2 Å². The first-order valence-electron chi connectivity index (χ1n) is 7.06. The molecule has 0 aliphatic heterocycles. The van der Waals surface area contributed by atoms with Crippen LogP contribution in [0.1, 0.15) is 38.8 Å². The lowest BCUT2D eigenvalue weighted by Crippen LogP contribution is -2.20. The summed E-state index contributed by atoms with van der Waals surface area (Å²) < 4.78 is 0. The summed E-state index contributed by atoms with van der Waals surface area (Å²) in [6.45, 7) is 6.47. The Labute approximate surface area is 118 Å². The van der Waals surface area contributed by atoms with Gasteiger partial charge >= 0.3 is 5.69 Å². The molecule has 110 valence electrons. The molecule has 1 fully saturated rings. The number of hydrogen-bond acceptors (Lipinski definition) is 6. The molecule has 2 N–H and O–H groups in total. The summed E-state index contributed by atoms with van der Waals surface area (Å²) in [7, 11) is 0. The van der Waals surface area contributed by atoms with Crippen molar-refractivity contribution in [1.29, 1.82) is 0 Å². The van der Waals surface area contributed by atoms with Crippen molar-refractivity contribution >= 4 is 17.5 Å². The third kappa shape index (κ3) is 3.34. The number of aryl methyl sites for hydroxylation is 1. The Morgan fingerprint density at radius 2 is 2.15 bits per heavy atom. The molecule has 1 atom stereocenters. The summed E-state index contributed by atoms with van der Waals surface area (Å²) in [6, 6.07) is 0.196. The number of hydrogen-bond donors (Lipinski definition) is 2. The average Bonchev–Trinajstić information content (AvgIpc) is 3.19. The molecule has 1 saturated carbocycles. The van der Waals surface area contributed by atoms with E-state index in [-0.39, 0.29) is 11.7 Å². The minimum atomic E-state index is -0.416. The summed E-state index contributed by atoms with van der Waals surface area (Å²) in [5.41, 5.74) is 0.355. The molecule has 7 heteroatoms. The smallest absolute Gasteiger partial charge is 0.332 e. The van der Waals surface area contributed by atoms with E-state index in [1.165, 1.54) is 12.8 Å². The van der Waals surface area contributed by atoms with Crippen LogP contribution in [0.2, 0.25) is 0 Å². The molecule has 0 radical (unpaired) electrons. The Morgan fingerprint density at radius 1 is 1.45 bits per heavy atom. The molecular weight excluding hydrogens is 258 g/mol. The molecule has 1 unspecified atom stereocenters. The predicted molar refractivity (Wildman–Crippen MR) is 78.0 cm³/mol. The van der Waals surface area contributed by atoms with Crippen molar-refractivity contribution in [2.45, 2.75) is 46.1 Å². The highest BCUT2D eigenvalue weighted by Gasteiger charge is 2.31. The Hall–Kier alpha value is -1.92. The molecule has 1 aliphatic carbocycles. The molecule has 0 saturated heterocycles. The van der Waals surface area contributed by atoms with Gasteiger partial charge in [0.25, 0.3) is 0 Å². The van der Waals surface area contributed by atoms with E-state index in [9.17, 15) is 10.1 Å². The fourth-order valence-corrected chi connectivity index (χ4v) is 2.13. The summed E-state index contributed by atoms with van der Waals surface area (Å²) in [5, 5.41) is 17.5.